The van der Waals surface area contributed by atoms with Crippen LogP contribution in [0, 0.1) is 20.8 Å². The number of piperazine rings is 1. The van der Waals surface area contributed by atoms with Crippen molar-refractivity contribution in [2.75, 3.05) is 39.3 Å². The Balaban J connectivity index is 1.58. The maximum absolute atomic E-state index is 13.4. The van der Waals surface area contributed by atoms with Gasteiger partial charge in [-0.25, -0.2) is 5.01 Å². The van der Waals surface area contributed by atoms with Crippen molar-refractivity contribution in [1.29, 1.82) is 0 Å². The average Bonchev–Trinajstić information content (AvgIpc) is 3.22. The maximum Gasteiger partial charge on any atom is 0.257 e. The highest BCUT2D eigenvalue weighted by atomic mass is 16.2. The first-order valence-electron chi connectivity index (χ1n) is 11.4. The number of hydrogen-bond donors (Lipinski definition) is 0. The monoisotopic (exact) mass is 418 g/mol. The molecule has 164 valence electrons. The van der Waals surface area contributed by atoms with E-state index in [-0.39, 0.29) is 11.9 Å². The van der Waals surface area contributed by atoms with Gasteiger partial charge in [-0.05, 0) is 61.2 Å². The predicted octanol–water partition coefficient (Wildman–Crippen LogP) is 3.93. The van der Waals surface area contributed by atoms with Gasteiger partial charge in [0, 0.05) is 32.6 Å². The Hall–Kier alpha value is -2.50. The quantitative estimate of drug-likeness (QED) is 0.739. The third-order valence-corrected chi connectivity index (χ3v) is 6.82. The van der Waals surface area contributed by atoms with Gasteiger partial charge < -0.3 is 4.90 Å². The Labute approximate surface area is 186 Å². The van der Waals surface area contributed by atoms with Gasteiger partial charge >= 0.3 is 0 Å². The molecule has 2 aliphatic rings. The standard InChI is InChI=1S/C26H34N4O/c1-5-28-12-14-29(15-13-28)18-26(31)30-25(23-9-7-6-8-20(23)3)17-24(27-30)22-11-10-19(2)21(4)16-22/h6-11,16,25H,5,12-15,17-18H2,1-4H3. The molecule has 0 bridgehead atoms. The lowest BCUT2D eigenvalue weighted by Crippen LogP contribution is -2.49. The Bertz CT molecular complexity index is 975. The highest BCUT2D eigenvalue weighted by molar-refractivity contribution is 6.03. The molecular weight excluding hydrogens is 384 g/mol. The number of carbonyl (C=O) groups is 1. The summed E-state index contributed by atoms with van der Waals surface area (Å²) in [5, 5.41) is 6.65. The van der Waals surface area contributed by atoms with Gasteiger partial charge in [0.05, 0.1) is 18.3 Å². The predicted molar refractivity (Wildman–Crippen MR) is 126 cm³/mol. The first kappa shape index (κ1) is 21.7. The number of hydrogen-bond acceptors (Lipinski definition) is 4. The van der Waals surface area contributed by atoms with Crippen molar-refractivity contribution in [3.63, 3.8) is 0 Å². The highest BCUT2D eigenvalue weighted by Crippen LogP contribution is 2.34. The largest absolute Gasteiger partial charge is 0.301 e. The summed E-state index contributed by atoms with van der Waals surface area (Å²) in [7, 11) is 0. The zero-order valence-corrected chi connectivity index (χ0v) is 19.3. The maximum atomic E-state index is 13.4. The van der Waals surface area contributed by atoms with Gasteiger partial charge in [-0.15, -0.1) is 0 Å². The molecule has 2 aliphatic heterocycles. The molecule has 5 heteroatoms. The highest BCUT2D eigenvalue weighted by Gasteiger charge is 2.34. The molecule has 5 nitrogen and oxygen atoms in total. The third kappa shape index (κ3) is 4.73. The van der Waals surface area contributed by atoms with E-state index in [1.807, 2.05) is 0 Å². The Morgan fingerprint density at radius 1 is 0.935 bits per heavy atom. The molecule has 1 atom stereocenters. The zero-order valence-electron chi connectivity index (χ0n) is 19.3. The number of carbonyl (C=O) groups excluding carboxylic acids is 1. The molecule has 0 spiro atoms. The van der Waals surface area contributed by atoms with Gasteiger partial charge in [0.2, 0.25) is 0 Å². The molecule has 31 heavy (non-hydrogen) atoms. The molecule has 4 rings (SSSR count). The van der Waals surface area contributed by atoms with Crippen LogP contribution >= 0.6 is 0 Å². The second-order valence-electron chi connectivity index (χ2n) is 8.87. The van der Waals surface area contributed by atoms with Crippen molar-refractivity contribution >= 4 is 11.6 Å². The van der Waals surface area contributed by atoms with Crippen molar-refractivity contribution < 1.29 is 4.79 Å². The van der Waals surface area contributed by atoms with E-state index in [0.29, 0.717) is 6.54 Å². The van der Waals surface area contributed by atoms with Crippen LogP contribution in [0.2, 0.25) is 0 Å². The summed E-state index contributed by atoms with van der Waals surface area (Å²) in [5.74, 6) is 0.0945. The first-order valence-corrected chi connectivity index (χ1v) is 11.4. The lowest BCUT2D eigenvalue weighted by molar-refractivity contribution is -0.134. The number of likely N-dealkylation sites (N-methyl/N-ethyl adjacent to an activating group) is 1. The second kappa shape index (κ2) is 9.33. The summed E-state index contributed by atoms with van der Waals surface area (Å²) in [6.45, 7) is 14.0. The van der Waals surface area contributed by atoms with Crippen LogP contribution in [0.15, 0.2) is 47.6 Å². The van der Waals surface area contributed by atoms with Gasteiger partial charge in [-0.2, -0.15) is 5.10 Å². The zero-order chi connectivity index (χ0) is 22.0. The lowest BCUT2D eigenvalue weighted by Gasteiger charge is -2.34. The van der Waals surface area contributed by atoms with E-state index in [1.54, 1.807) is 5.01 Å². The van der Waals surface area contributed by atoms with Crippen LogP contribution in [0.1, 0.15) is 47.2 Å². The second-order valence-corrected chi connectivity index (χ2v) is 8.87. The average molecular weight is 419 g/mol. The summed E-state index contributed by atoms with van der Waals surface area (Å²) in [6.07, 6.45) is 0.753. The minimum absolute atomic E-state index is 0.0396. The van der Waals surface area contributed by atoms with E-state index < -0.39 is 0 Å². The first-order chi connectivity index (χ1) is 15.0. The number of aryl methyl sites for hydroxylation is 3. The molecule has 0 aliphatic carbocycles. The molecule has 1 amide bonds. The fraction of sp³-hybridized carbons (Fsp3) is 0.462. The van der Waals surface area contributed by atoms with Crippen LogP contribution in [0.25, 0.3) is 0 Å². The number of benzene rings is 2. The molecule has 0 N–H and O–H groups in total. The molecule has 0 aromatic heterocycles. The Morgan fingerprint density at radius 2 is 1.65 bits per heavy atom. The van der Waals surface area contributed by atoms with Gasteiger partial charge in [0.25, 0.3) is 5.91 Å². The van der Waals surface area contributed by atoms with E-state index in [4.69, 9.17) is 5.10 Å². The molecule has 1 fully saturated rings. The molecule has 0 radical (unpaired) electrons. The lowest BCUT2D eigenvalue weighted by atomic mass is 9.94. The van der Waals surface area contributed by atoms with Crippen molar-refractivity contribution in [1.82, 2.24) is 14.8 Å². The van der Waals surface area contributed by atoms with Crippen molar-refractivity contribution in [2.24, 2.45) is 5.10 Å². The summed E-state index contributed by atoms with van der Waals surface area (Å²) < 4.78 is 0. The number of rotatable bonds is 5. The van der Waals surface area contributed by atoms with E-state index in [1.165, 1.54) is 22.3 Å². The molecule has 2 heterocycles. The molecule has 1 saturated heterocycles. The van der Waals surface area contributed by atoms with Crippen molar-refractivity contribution in [3.8, 4) is 0 Å². The minimum Gasteiger partial charge on any atom is -0.301 e. The molecule has 2 aromatic rings. The molecular formula is C26H34N4O. The van der Waals surface area contributed by atoms with E-state index >= 15 is 0 Å². The SMILES string of the molecule is CCN1CCN(CC(=O)N2N=C(c3ccc(C)c(C)c3)CC2c2ccccc2C)CC1. The summed E-state index contributed by atoms with van der Waals surface area (Å²) in [5.41, 5.74) is 7.05. The smallest absolute Gasteiger partial charge is 0.257 e. The normalized spacial score (nSPS) is 20.2. The van der Waals surface area contributed by atoms with Gasteiger partial charge in [-0.3, -0.25) is 9.69 Å². The van der Waals surface area contributed by atoms with Crippen LogP contribution in [0.4, 0.5) is 0 Å². The van der Waals surface area contributed by atoms with E-state index in [0.717, 1.165) is 50.4 Å². The van der Waals surface area contributed by atoms with Gasteiger partial charge in [0.15, 0.2) is 0 Å². The van der Waals surface area contributed by atoms with E-state index in [9.17, 15) is 4.79 Å². The van der Waals surface area contributed by atoms with Gasteiger partial charge in [-0.1, -0.05) is 43.3 Å². The molecule has 2 aromatic carbocycles. The van der Waals surface area contributed by atoms with Crippen LogP contribution in [0.5, 0.6) is 0 Å². The number of nitrogens with zero attached hydrogens (tertiary/aromatic N) is 4. The Kier molecular flexibility index (Phi) is 6.54. The van der Waals surface area contributed by atoms with Crippen molar-refractivity contribution in [2.45, 2.75) is 40.2 Å². The van der Waals surface area contributed by atoms with Crippen LogP contribution < -0.4 is 0 Å². The Morgan fingerprint density at radius 3 is 2.32 bits per heavy atom. The fourth-order valence-corrected chi connectivity index (χ4v) is 4.57. The summed E-state index contributed by atoms with van der Waals surface area (Å²) in [6, 6.07) is 14.8. The summed E-state index contributed by atoms with van der Waals surface area (Å²) >= 11 is 0. The third-order valence-electron chi connectivity index (χ3n) is 6.82. The number of hydrazone groups is 1. The molecule has 0 saturated carbocycles. The van der Waals surface area contributed by atoms with E-state index in [2.05, 4.69) is 80.0 Å². The topological polar surface area (TPSA) is 39.1 Å². The minimum atomic E-state index is -0.0396. The van der Waals surface area contributed by atoms with Gasteiger partial charge in [0.1, 0.15) is 0 Å². The van der Waals surface area contributed by atoms with Crippen LogP contribution in [0.3, 0.4) is 0 Å². The van der Waals surface area contributed by atoms with Crippen LogP contribution in [-0.4, -0.2) is 65.7 Å². The fourth-order valence-electron chi connectivity index (χ4n) is 4.57. The van der Waals surface area contributed by atoms with Crippen molar-refractivity contribution in [3.05, 3.63) is 70.3 Å². The number of amides is 1. The molecule has 1 unspecified atom stereocenters. The van der Waals surface area contributed by atoms with Crippen LogP contribution in [-0.2, 0) is 4.79 Å². The summed E-state index contributed by atoms with van der Waals surface area (Å²) in [4.78, 5) is 18.1.